The number of aliphatic hydroxyl groups is 1. The summed E-state index contributed by atoms with van der Waals surface area (Å²) in [5.74, 6) is 2.29. The van der Waals surface area contributed by atoms with Crippen molar-refractivity contribution < 1.29 is 10.2 Å². The van der Waals surface area contributed by atoms with E-state index in [-0.39, 0.29) is 17.6 Å². The average Bonchev–Trinajstić information content (AvgIpc) is 3.05. The number of rotatable bonds is 3. The molecule has 6 atom stereocenters. The van der Waals surface area contributed by atoms with Crippen LogP contribution in [0.5, 0.6) is 5.75 Å². The number of benzene rings is 2. The molecule has 2 N–H and O–H groups in total. The lowest BCUT2D eigenvalue weighted by molar-refractivity contribution is -0.0227. The van der Waals surface area contributed by atoms with E-state index in [0.29, 0.717) is 23.5 Å². The maximum absolute atomic E-state index is 11.0. The molecule has 30 heavy (non-hydrogen) atoms. The van der Waals surface area contributed by atoms with E-state index in [9.17, 15) is 10.2 Å². The van der Waals surface area contributed by atoms with Crippen LogP contribution in [0, 0.1) is 17.3 Å². The highest BCUT2D eigenvalue weighted by Gasteiger charge is 2.54. The number of phenols is 1. The minimum atomic E-state index is -0.128. The molecule has 2 aromatic carbocycles. The van der Waals surface area contributed by atoms with E-state index in [0.717, 1.165) is 31.2 Å². The van der Waals surface area contributed by atoms with Crippen LogP contribution in [-0.4, -0.2) is 35.3 Å². The van der Waals surface area contributed by atoms with Crippen molar-refractivity contribution in [1.29, 1.82) is 0 Å². The number of aliphatic hydroxyl groups excluding tert-OH is 1. The summed E-state index contributed by atoms with van der Waals surface area (Å²) in [4.78, 5) is 2.22. The second-order valence-electron chi connectivity index (χ2n) is 10.4. The first-order valence-corrected chi connectivity index (χ1v) is 11.7. The van der Waals surface area contributed by atoms with E-state index < -0.39 is 0 Å². The van der Waals surface area contributed by atoms with Gasteiger partial charge in [0.1, 0.15) is 5.75 Å². The third-order valence-corrected chi connectivity index (χ3v) is 8.79. The minimum absolute atomic E-state index is 0.0554. The summed E-state index contributed by atoms with van der Waals surface area (Å²) >= 11 is 0. The Labute approximate surface area is 180 Å². The van der Waals surface area contributed by atoms with Crippen LogP contribution in [0.3, 0.4) is 0 Å². The van der Waals surface area contributed by atoms with Crippen molar-refractivity contribution in [3.05, 3.63) is 64.7 Å². The van der Waals surface area contributed by atoms with Gasteiger partial charge in [-0.1, -0.05) is 43.3 Å². The van der Waals surface area contributed by atoms with E-state index in [1.54, 1.807) is 0 Å². The van der Waals surface area contributed by atoms with E-state index >= 15 is 0 Å². The molecule has 3 aliphatic carbocycles. The van der Waals surface area contributed by atoms with Crippen molar-refractivity contribution in [3.63, 3.8) is 0 Å². The molecule has 0 radical (unpaired) electrons. The molecule has 0 heterocycles. The van der Waals surface area contributed by atoms with Crippen LogP contribution in [-0.2, 0) is 6.42 Å². The summed E-state index contributed by atoms with van der Waals surface area (Å²) in [6.07, 6.45) is 6.49. The first-order valence-electron chi connectivity index (χ1n) is 11.7. The molecule has 2 saturated carbocycles. The Hall–Kier alpha value is -1.84. The van der Waals surface area contributed by atoms with Crippen LogP contribution in [0.15, 0.2) is 42.5 Å². The van der Waals surface area contributed by atoms with E-state index in [1.807, 2.05) is 6.07 Å². The van der Waals surface area contributed by atoms with Gasteiger partial charge in [0.15, 0.2) is 0 Å². The largest absolute Gasteiger partial charge is 0.508 e. The summed E-state index contributed by atoms with van der Waals surface area (Å²) in [6.45, 7) is 2.33. The monoisotopic (exact) mass is 405 g/mol. The summed E-state index contributed by atoms with van der Waals surface area (Å²) in [5.41, 5.74) is 5.27. The lowest BCUT2D eigenvalue weighted by Gasteiger charge is -2.50. The molecule has 2 aromatic rings. The van der Waals surface area contributed by atoms with Gasteiger partial charge in [0.2, 0.25) is 0 Å². The Kier molecular flexibility index (Phi) is 4.95. The molecule has 0 spiro atoms. The summed E-state index contributed by atoms with van der Waals surface area (Å²) in [6, 6.07) is 14.8. The highest BCUT2D eigenvalue weighted by molar-refractivity contribution is 5.52. The Balaban J connectivity index is 1.58. The van der Waals surface area contributed by atoms with Crippen LogP contribution >= 0.6 is 0 Å². The van der Waals surface area contributed by atoms with Crippen molar-refractivity contribution in [2.45, 2.75) is 63.5 Å². The van der Waals surface area contributed by atoms with Gasteiger partial charge in [-0.3, -0.25) is 4.90 Å². The lowest BCUT2D eigenvalue weighted by Crippen LogP contribution is -2.44. The van der Waals surface area contributed by atoms with Gasteiger partial charge >= 0.3 is 0 Å². The second-order valence-corrected chi connectivity index (χ2v) is 10.4. The molecule has 0 bridgehead atoms. The van der Waals surface area contributed by atoms with Gasteiger partial charge in [0, 0.05) is 5.56 Å². The molecule has 3 nitrogen and oxygen atoms in total. The normalized spacial score (nSPS) is 33.6. The van der Waals surface area contributed by atoms with E-state index in [2.05, 4.69) is 62.3 Å². The molecule has 0 aromatic heterocycles. The first-order chi connectivity index (χ1) is 14.4. The highest BCUT2D eigenvalue weighted by Crippen LogP contribution is 2.61. The first kappa shape index (κ1) is 20.1. The van der Waals surface area contributed by atoms with Crippen LogP contribution in [0.4, 0.5) is 0 Å². The molecule has 3 aliphatic rings. The van der Waals surface area contributed by atoms with E-state index in [4.69, 9.17) is 0 Å². The number of hydrogen-bond acceptors (Lipinski definition) is 3. The smallest absolute Gasteiger partial charge is 0.121 e. The van der Waals surface area contributed by atoms with Crippen LogP contribution in [0.2, 0.25) is 0 Å². The number of hydrogen-bond donors (Lipinski definition) is 2. The predicted octanol–water partition coefficient (Wildman–Crippen LogP) is 5.26. The molecule has 160 valence electrons. The average molecular weight is 406 g/mol. The van der Waals surface area contributed by atoms with Crippen LogP contribution in [0.25, 0.3) is 0 Å². The SMILES string of the molecule is CN(C)C(c1ccccc1)c1c(O)ccc2c1CCC1C2CC[C@]2(C)C(O)CCC12. The Morgan fingerprint density at radius 3 is 2.50 bits per heavy atom. The summed E-state index contributed by atoms with van der Waals surface area (Å²) < 4.78 is 0. The van der Waals surface area contributed by atoms with Gasteiger partial charge < -0.3 is 10.2 Å². The quantitative estimate of drug-likeness (QED) is 0.732. The standard InChI is InChI=1S/C27H35NO2/c1-27-16-15-19-18-11-13-23(29)25(26(28(2)3)17-7-5-4-6-8-17)21(18)10-9-20(19)22(27)12-14-24(27)30/h4-8,11,13,19-20,22,24,26,29-30H,9-10,12,14-16H2,1-3H3/t19?,20?,22?,24?,26?,27-/m0/s1. The number of nitrogens with zero attached hydrogens (tertiary/aromatic N) is 1. The zero-order valence-corrected chi connectivity index (χ0v) is 18.5. The molecule has 0 aliphatic heterocycles. The van der Waals surface area contributed by atoms with Gasteiger partial charge in [0.25, 0.3) is 0 Å². The number of phenolic OH excluding ortho intramolecular Hbond substituents is 1. The zero-order chi connectivity index (χ0) is 21.0. The minimum Gasteiger partial charge on any atom is -0.508 e. The molecule has 0 amide bonds. The van der Waals surface area contributed by atoms with Gasteiger partial charge in [-0.15, -0.1) is 0 Å². The fourth-order valence-electron chi connectivity index (χ4n) is 7.32. The third-order valence-electron chi connectivity index (χ3n) is 8.79. The zero-order valence-electron chi connectivity index (χ0n) is 18.5. The number of fused-ring (bicyclic) bond motifs is 5. The lowest BCUT2D eigenvalue weighted by atomic mass is 9.55. The molecular weight excluding hydrogens is 370 g/mol. The molecule has 3 heteroatoms. The van der Waals surface area contributed by atoms with Gasteiger partial charge in [0.05, 0.1) is 12.1 Å². The fraction of sp³-hybridized carbons (Fsp3) is 0.556. The van der Waals surface area contributed by atoms with Crippen LogP contribution in [0.1, 0.15) is 73.2 Å². The Morgan fingerprint density at radius 1 is 1.00 bits per heavy atom. The maximum Gasteiger partial charge on any atom is 0.121 e. The van der Waals surface area contributed by atoms with Crippen LogP contribution < -0.4 is 0 Å². The van der Waals surface area contributed by atoms with Crippen molar-refractivity contribution in [1.82, 2.24) is 4.90 Å². The van der Waals surface area contributed by atoms with Gasteiger partial charge in [-0.2, -0.15) is 0 Å². The van der Waals surface area contributed by atoms with Gasteiger partial charge in [-0.05, 0) is 98.5 Å². The molecule has 0 saturated heterocycles. The third kappa shape index (κ3) is 2.93. The molecule has 5 rings (SSSR count). The Morgan fingerprint density at radius 2 is 1.77 bits per heavy atom. The van der Waals surface area contributed by atoms with E-state index in [1.165, 1.54) is 29.5 Å². The predicted molar refractivity (Wildman–Crippen MR) is 121 cm³/mol. The molecule has 2 fully saturated rings. The number of aromatic hydroxyl groups is 1. The topological polar surface area (TPSA) is 43.7 Å². The second kappa shape index (κ2) is 7.39. The van der Waals surface area contributed by atoms with Crippen molar-refractivity contribution in [2.75, 3.05) is 14.1 Å². The van der Waals surface area contributed by atoms with Crippen molar-refractivity contribution in [2.24, 2.45) is 17.3 Å². The Bertz CT molecular complexity index is 924. The molecular formula is C27H35NO2. The summed E-state index contributed by atoms with van der Waals surface area (Å²) in [7, 11) is 4.21. The van der Waals surface area contributed by atoms with Gasteiger partial charge in [-0.25, -0.2) is 0 Å². The van der Waals surface area contributed by atoms with Crippen molar-refractivity contribution >= 4 is 0 Å². The summed E-state index contributed by atoms with van der Waals surface area (Å²) in [5, 5.41) is 21.7. The molecule has 5 unspecified atom stereocenters. The van der Waals surface area contributed by atoms with Crippen molar-refractivity contribution in [3.8, 4) is 5.75 Å². The maximum atomic E-state index is 11.0. The highest BCUT2D eigenvalue weighted by atomic mass is 16.3. The fourth-order valence-corrected chi connectivity index (χ4v) is 7.32.